The maximum absolute atomic E-state index is 5.70. The van der Waals surface area contributed by atoms with E-state index in [4.69, 9.17) is 9.73 Å². The lowest BCUT2D eigenvalue weighted by atomic mass is 10.1. The van der Waals surface area contributed by atoms with Crippen molar-refractivity contribution in [3.05, 3.63) is 29.8 Å². The van der Waals surface area contributed by atoms with E-state index in [-0.39, 0.29) is 24.0 Å². The van der Waals surface area contributed by atoms with Crippen LogP contribution in [0.25, 0.3) is 0 Å². The SMILES string of the molecule is CCCN1CCC(NC(=NCc2ccccc2OCC)NCC)CC1.I. The second-order valence-electron chi connectivity index (χ2n) is 6.50. The van der Waals surface area contributed by atoms with Gasteiger partial charge in [-0.05, 0) is 45.7 Å². The van der Waals surface area contributed by atoms with Gasteiger partial charge in [0.1, 0.15) is 5.75 Å². The standard InChI is InChI=1S/C20H34N4O.HI/c1-4-13-24-14-11-18(12-15-24)23-20(21-5-2)22-16-17-9-7-8-10-19(17)25-6-3;/h7-10,18H,4-6,11-16H2,1-3H3,(H2,21,22,23);1H. The Morgan fingerprint density at radius 3 is 2.58 bits per heavy atom. The molecule has 2 N–H and O–H groups in total. The van der Waals surface area contributed by atoms with Crippen molar-refractivity contribution in [2.75, 3.05) is 32.8 Å². The van der Waals surface area contributed by atoms with E-state index in [2.05, 4.69) is 35.4 Å². The third kappa shape index (κ3) is 7.70. The molecule has 0 atom stereocenters. The molecule has 148 valence electrons. The first kappa shape index (κ1) is 23.0. The number of piperidine rings is 1. The normalized spacial score (nSPS) is 16.0. The highest BCUT2D eigenvalue weighted by Gasteiger charge is 2.19. The van der Waals surface area contributed by atoms with Gasteiger partial charge in [-0.25, -0.2) is 4.99 Å². The summed E-state index contributed by atoms with van der Waals surface area (Å²) in [7, 11) is 0. The molecule has 1 heterocycles. The molecule has 6 heteroatoms. The second-order valence-corrected chi connectivity index (χ2v) is 6.50. The number of nitrogens with one attached hydrogen (secondary N) is 2. The Balaban J connectivity index is 0.00000338. The molecule has 1 aliphatic rings. The van der Waals surface area contributed by atoms with E-state index in [1.807, 2.05) is 25.1 Å². The highest BCUT2D eigenvalue weighted by atomic mass is 127. The lowest BCUT2D eigenvalue weighted by Crippen LogP contribution is -2.48. The number of rotatable bonds is 8. The van der Waals surface area contributed by atoms with Crippen molar-refractivity contribution in [3.63, 3.8) is 0 Å². The molecule has 5 nitrogen and oxygen atoms in total. The number of guanidine groups is 1. The molecule has 0 saturated carbocycles. The Bertz CT molecular complexity index is 530. The summed E-state index contributed by atoms with van der Waals surface area (Å²) in [5, 5.41) is 6.99. The molecule has 1 fully saturated rings. The van der Waals surface area contributed by atoms with Gasteiger partial charge in [0.15, 0.2) is 5.96 Å². The van der Waals surface area contributed by atoms with Gasteiger partial charge in [0.2, 0.25) is 0 Å². The summed E-state index contributed by atoms with van der Waals surface area (Å²) >= 11 is 0. The van der Waals surface area contributed by atoms with Crippen LogP contribution in [0.4, 0.5) is 0 Å². The number of aliphatic imine (C=N–C) groups is 1. The van der Waals surface area contributed by atoms with Gasteiger partial charge in [-0.2, -0.15) is 0 Å². The zero-order chi connectivity index (χ0) is 17.9. The number of ether oxygens (including phenoxy) is 1. The van der Waals surface area contributed by atoms with Crippen LogP contribution >= 0.6 is 24.0 Å². The minimum atomic E-state index is 0. The Morgan fingerprint density at radius 1 is 1.19 bits per heavy atom. The van der Waals surface area contributed by atoms with Crippen molar-refractivity contribution in [3.8, 4) is 5.75 Å². The molecule has 0 aromatic heterocycles. The summed E-state index contributed by atoms with van der Waals surface area (Å²) in [6.45, 7) is 12.1. The fourth-order valence-corrected chi connectivity index (χ4v) is 3.23. The lowest BCUT2D eigenvalue weighted by molar-refractivity contribution is 0.206. The number of benzene rings is 1. The highest BCUT2D eigenvalue weighted by Crippen LogP contribution is 2.18. The van der Waals surface area contributed by atoms with Crippen LogP contribution < -0.4 is 15.4 Å². The summed E-state index contributed by atoms with van der Waals surface area (Å²) in [5.41, 5.74) is 1.12. The van der Waals surface area contributed by atoms with E-state index in [0.717, 1.165) is 23.8 Å². The van der Waals surface area contributed by atoms with E-state index in [1.165, 1.54) is 38.9 Å². The summed E-state index contributed by atoms with van der Waals surface area (Å²) in [6.07, 6.45) is 3.60. The van der Waals surface area contributed by atoms with Crippen molar-refractivity contribution in [1.82, 2.24) is 15.5 Å². The molecular weight excluding hydrogens is 439 g/mol. The zero-order valence-electron chi connectivity index (χ0n) is 16.5. The van der Waals surface area contributed by atoms with Gasteiger partial charge in [0, 0.05) is 31.2 Å². The van der Waals surface area contributed by atoms with Crippen LogP contribution in [0.2, 0.25) is 0 Å². The molecule has 0 spiro atoms. The number of halogens is 1. The third-order valence-corrected chi connectivity index (χ3v) is 4.49. The first-order valence-corrected chi connectivity index (χ1v) is 9.74. The monoisotopic (exact) mass is 474 g/mol. The summed E-state index contributed by atoms with van der Waals surface area (Å²) in [5.74, 6) is 1.83. The predicted octanol–water partition coefficient (Wildman–Crippen LogP) is 3.63. The number of para-hydroxylation sites is 1. The Kier molecular flexibility index (Phi) is 11.7. The van der Waals surface area contributed by atoms with Crippen molar-refractivity contribution >= 4 is 29.9 Å². The van der Waals surface area contributed by atoms with Gasteiger partial charge >= 0.3 is 0 Å². The Morgan fingerprint density at radius 2 is 1.92 bits per heavy atom. The Hall–Kier alpha value is -1.02. The maximum atomic E-state index is 5.70. The number of nitrogens with zero attached hydrogens (tertiary/aromatic N) is 2. The largest absolute Gasteiger partial charge is 0.494 e. The van der Waals surface area contributed by atoms with Crippen molar-refractivity contribution in [2.45, 2.75) is 52.6 Å². The molecule has 0 radical (unpaired) electrons. The molecule has 1 aromatic carbocycles. The van der Waals surface area contributed by atoms with Gasteiger partial charge in [0.25, 0.3) is 0 Å². The molecular formula is C20H35IN4O. The quantitative estimate of drug-likeness (QED) is 0.343. The summed E-state index contributed by atoms with van der Waals surface area (Å²) in [6, 6.07) is 8.65. The summed E-state index contributed by atoms with van der Waals surface area (Å²) in [4.78, 5) is 7.33. The fraction of sp³-hybridized carbons (Fsp3) is 0.650. The van der Waals surface area contributed by atoms with Crippen molar-refractivity contribution < 1.29 is 4.74 Å². The van der Waals surface area contributed by atoms with Gasteiger partial charge in [-0.3, -0.25) is 0 Å². The molecule has 0 amide bonds. The predicted molar refractivity (Wildman–Crippen MR) is 121 cm³/mol. The van der Waals surface area contributed by atoms with Crippen molar-refractivity contribution in [2.24, 2.45) is 4.99 Å². The Labute approximate surface area is 176 Å². The van der Waals surface area contributed by atoms with Crippen LogP contribution in [0.1, 0.15) is 45.6 Å². The molecule has 2 rings (SSSR count). The second kappa shape index (κ2) is 13.2. The minimum Gasteiger partial charge on any atom is -0.494 e. The maximum Gasteiger partial charge on any atom is 0.191 e. The highest BCUT2D eigenvalue weighted by molar-refractivity contribution is 14.0. The van der Waals surface area contributed by atoms with Gasteiger partial charge < -0.3 is 20.3 Å². The van der Waals surface area contributed by atoms with Gasteiger partial charge in [-0.1, -0.05) is 25.1 Å². The van der Waals surface area contributed by atoms with Crippen LogP contribution in [-0.2, 0) is 6.54 Å². The molecule has 0 unspecified atom stereocenters. The molecule has 26 heavy (non-hydrogen) atoms. The smallest absolute Gasteiger partial charge is 0.191 e. The van der Waals surface area contributed by atoms with Gasteiger partial charge in [0.05, 0.1) is 13.2 Å². The first-order valence-electron chi connectivity index (χ1n) is 9.74. The zero-order valence-corrected chi connectivity index (χ0v) is 18.8. The van der Waals surface area contributed by atoms with Crippen LogP contribution in [0, 0.1) is 0 Å². The molecule has 1 saturated heterocycles. The van der Waals surface area contributed by atoms with Crippen LogP contribution in [0.15, 0.2) is 29.3 Å². The van der Waals surface area contributed by atoms with E-state index < -0.39 is 0 Å². The van der Waals surface area contributed by atoms with Gasteiger partial charge in [-0.15, -0.1) is 24.0 Å². The lowest BCUT2D eigenvalue weighted by Gasteiger charge is -2.32. The molecule has 1 aliphatic heterocycles. The number of likely N-dealkylation sites (tertiary alicyclic amines) is 1. The van der Waals surface area contributed by atoms with E-state index in [0.29, 0.717) is 19.2 Å². The third-order valence-electron chi connectivity index (χ3n) is 4.49. The topological polar surface area (TPSA) is 48.9 Å². The van der Waals surface area contributed by atoms with Crippen LogP contribution in [0.5, 0.6) is 5.75 Å². The van der Waals surface area contributed by atoms with Crippen molar-refractivity contribution in [1.29, 1.82) is 0 Å². The van der Waals surface area contributed by atoms with E-state index >= 15 is 0 Å². The number of hydrogen-bond acceptors (Lipinski definition) is 3. The summed E-state index contributed by atoms with van der Waals surface area (Å²) < 4.78 is 5.70. The average Bonchev–Trinajstić information content (AvgIpc) is 2.63. The average molecular weight is 474 g/mol. The van der Waals surface area contributed by atoms with Crippen LogP contribution in [-0.4, -0.2) is 49.7 Å². The minimum absolute atomic E-state index is 0. The van der Waals surface area contributed by atoms with E-state index in [1.54, 1.807) is 0 Å². The number of hydrogen-bond donors (Lipinski definition) is 2. The fourth-order valence-electron chi connectivity index (χ4n) is 3.23. The molecule has 1 aromatic rings. The van der Waals surface area contributed by atoms with Crippen LogP contribution in [0.3, 0.4) is 0 Å². The molecule has 0 bridgehead atoms. The molecule has 0 aliphatic carbocycles. The van der Waals surface area contributed by atoms with E-state index in [9.17, 15) is 0 Å². The first-order chi connectivity index (χ1) is 12.3.